The molecule has 8 nitrogen and oxygen atoms in total. The van der Waals surface area contributed by atoms with E-state index in [9.17, 15) is 22.4 Å². The molecule has 2 N–H and O–H groups in total. The Morgan fingerprint density at radius 3 is 2.33 bits per heavy atom. The van der Waals surface area contributed by atoms with Gasteiger partial charge in [-0.15, -0.1) is 0 Å². The van der Waals surface area contributed by atoms with Crippen LogP contribution in [0, 0.1) is 12.7 Å². The van der Waals surface area contributed by atoms with Gasteiger partial charge in [0.15, 0.2) is 0 Å². The van der Waals surface area contributed by atoms with Crippen molar-refractivity contribution in [3.63, 3.8) is 0 Å². The molecule has 1 aromatic heterocycles. The number of hydrogen-bond acceptors (Lipinski definition) is 4. The van der Waals surface area contributed by atoms with Crippen LogP contribution in [0.15, 0.2) is 64.3 Å². The molecule has 1 amide bonds. The van der Waals surface area contributed by atoms with Gasteiger partial charge in [0, 0.05) is 20.0 Å². The summed E-state index contributed by atoms with van der Waals surface area (Å²) in [6.07, 6.45) is -0.181. The van der Waals surface area contributed by atoms with Crippen molar-refractivity contribution in [3.8, 4) is 5.69 Å². The van der Waals surface area contributed by atoms with Crippen LogP contribution in [0.1, 0.15) is 12.1 Å². The lowest BCUT2D eigenvalue weighted by molar-refractivity contribution is -0.116. The van der Waals surface area contributed by atoms with Gasteiger partial charge >= 0.3 is 0 Å². The molecule has 3 rings (SSSR count). The van der Waals surface area contributed by atoms with Crippen molar-refractivity contribution >= 4 is 21.6 Å². The van der Waals surface area contributed by atoms with E-state index in [1.54, 1.807) is 42.9 Å². The topological polar surface area (TPSA) is 102 Å². The third-order valence-corrected chi connectivity index (χ3v) is 6.06. The van der Waals surface area contributed by atoms with Crippen LogP contribution in [0.2, 0.25) is 0 Å². The van der Waals surface area contributed by atoms with E-state index < -0.39 is 21.7 Å². The third-order valence-electron chi connectivity index (χ3n) is 4.59. The molecule has 0 aliphatic carbocycles. The fourth-order valence-corrected chi connectivity index (χ4v) is 3.94. The normalized spacial score (nSPS) is 11.4. The number of halogens is 1. The van der Waals surface area contributed by atoms with Crippen molar-refractivity contribution < 1.29 is 17.6 Å². The first-order valence-corrected chi connectivity index (χ1v) is 10.6. The summed E-state index contributed by atoms with van der Waals surface area (Å²) >= 11 is 0. The number of carbonyl (C=O) groups excluding carboxylic acids is 1. The molecule has 10 heteroatoms. The van der Waals surface area contributed by atoms with Gasteiger partial charge in [0.25, 0.3) is 5.56 Å². The Bertz CT molecular complexity index is 1220. The van der Waals surface area contributed by atoms with E-state index in [0.29, 0.717) is 11.4 Å². The second-order valence-electron chi connectivity index (χ2n) is 6.59. The Kier molecular flexibility index (Phi) is 6.18. The Morgan fingerprint density at radius 1 is 1.07 bits per heavy atom. The summed E-state index contributed by atoms with van der Waals surface area (Å²) in [5.41, 5.74) is 0.957. The summed E-state index contributed by atoms with van der Waals surface area (Å²) in [7, 11) is -2.16. The molecule has 0 fully saturated rings. The minimum absolute atomic E-state index is 0.103. The van der Waals surface area contributed by atoms with E-state index in [2.05, 4.69) is 10.0 Å². The number of amides is 1. The zero-order chi connectivity index (χ0) is 21.9. The predicted molar refractivity (Wildman–Crippen MR) is 111 cm³/mol. The quantitative estimate of drug-likeness (QED) is 0.596. The minimum Gasteiger partial charge on any atom is -0.320 e. The number of hydrogen-bond donors (Lipinski definition) is 2. The van der Waals surface area contributed by atoms with E-state index in [1.807, 2.05) is 6.07 Å². The molecule has 0 radical (unpaired) electrons. The number of sulfonamides is 1. The molecule has 0 atom stereocenters. The maximum absolute atomic E-state index is 12.9. The summed E-state index contributed by atoms with van der Waals surface area (Å²) in [4.78, 5) is 25.0. The molecule has 0 saturated carbocycles. The average molecular weight is 432 g/mol. The molecule has 1 heterocycles. The number of aromatic nitrogens is 2. The van der Waals surface area contributed by atoms with Crippen molar-refractivity contribution in [1.82, 2.24) is 14.1 Å². The van der Waals surface area contributed by atoms with Gasteiger partial charge in [-0.05, 0) is 43.3 Å². The molecule has 0 saturated heterocycles. The zero-order valence-electron chi connectivity index (χ0n) is 16.4. The highest BCUT2D eigenvalue weighted by atomic mass is 32.2. The van der Waals surface area contributed by atoms with E-state index in [0.717, 1.165) is 24.3 Å². The van der Waals surface area contributed by atoms with Crippen LogP contribution in [0.4, 0.5) is 10.1 Å². The highest BCUT2D eigenvalue weighted by molar-refractivity contribution is 7.89. The highest BCUT2D eigenvalue weighted by Crippen LogP contribution is 2.14. The minimum atomic E-state index is -3.87. The SMILES string of the molecule is Cc1c(NC(=O)CCNS(=O)(=O)c2ccc(F)cc2)c(=O)n(-c2ccccc2)n1C. The Morgan fingerprint density at radius 2 is 1.70 bits per heavy atom. The standard InChI is InChI=1S/C20H21FN4O4S/c1-14-19(20(27)25(24(14)2)16-6-4-3-5-7-16)23-18(26)12-13-22-30(28,29)17-10-8-15(21)9-11-17/h3-11,22H,12-13H2,1-2H3,(H,23,26). The van der Waals surface area contributed by atoms with Crippen molar-refractivity contribution in [2.45, 2.75) is 18.2 Å². The van der Waals surface area contributed by atoms with Gasteiger partial charge in [-0.2, -0.15) is 0 Å². The van der Waals surface area contributed by atoms with Crippen LogP contribution < -0.4 is 15.6 Å². The molecule has 0 bridgehead atoms. The van der Waals surface area contributed by atoms with Crippen molar-refractivity contribution in [2.75, 3.05) is 11.9 Å². The molecule has 0 aliphatic rings. The molecule has 30 heavy (non-hydrogen) atoms. The summed E-state index contributed by atoms with van der Waals surface area (Å²) in [5, 5.41) is 2.57. The van der Waals surface area contributed by atoms with Crippen LogP contribution in [0.5, 0.6) is 0 Å². The first kappa shape index (κ1) is 21.5. The molecular formula is C20H21FN4O4S. The number of para-hydroxylation sites is 1. The monoisotopic (exact) mass is 432 g/mol. The first-order valence-electron chi connectivity index (χ1n) is 9.10. The molecular weight excluding hydrogens is 411 g/mol. The lowest BCUT2D eigenvalue weighted by Gasteiger charge is -2.07. The largest absolute Gasteiger partial charge is 0.320 e. The molecule has 0 unspecified atom stereocenters. The second kappa shape index (κ2) is 8.64. The van der Waals surface area contributed by atoms with E-state index in [4.69, 9.17) is 0 Å². The van der Waals surface area contributed by atoms with Gasteiger partial charge in [-0.1, -0.05) is 18.2 Å². The second-order valence-corrected chi connectivity index (χ2v) is 8.35. The zero-order valence-corrected chi connectivity index (χ0v) is 17.2. The van der Waals surface area contributed by atoms with Crippen molar-refractivity contribution in [1.29, 1.82) is 0 Å². The van der Waals surface area contributed by atoms with E-state index >= 15 is 0 Å². The predicted octanol–water partition coefficient (Wildman–Crippen LogP) is 1.93. The molecule has 0 aliphatic heterocycles. The summed E-state index contributed by atoms with van der Waals surface area (Å²) < 4.78 is 42.6. The summed E-state index contributed by atoms with van der Waals surface area (Å²) in [6.45, 7) is 1.53. The van der Waals surface area contributed by atoms with Gasteiger partial charge in [-0.25, -0.2) is 22.2 Å². The smallest absolute Gasteiger partial charge is 0.295 e. The maximum atomic E-state index is 12.9. The fourth-order valence-electron chi connectivity index (χ4n) is 2.91. The number of nitrogens with zero attached hydrogens (tertiary/aromatic N) is 2. The van der Waals surface area contributed by atoms with Crippen LogP contribution in [-0.4, -0.2) is 30.2 Å². The lowest BCUT2D eigenvalue weighted by atomic mass is 10.3. The highest BCUT2D eigenvalue weighted by Gasteiger charge is 2.19. The van der Waals surface area contributed by atoms with Gasteiger partial charge in [-0.3, -0.25) is 14.3 Å². The molecule has 0 spiro atoms. The average Bonchev–Trinajstić information content (AvgIpc) is 2.92. The van der Waals surface area contributed by atoms with E-state index in [-0.39, 0.29) is 29.1 Å². The third kappa shape index (κ3) is 4.50. The van der Waals surface area contributed by atoms with Crippen LogP contribution in [0.3, 0.4) is 0 Å². The molecule has 158 valence electrons. The number of carbonyl (C=O) groups is 1. The summed E-state index contributed by atoms with van der Waals surface area (Å²) in [5.74, 6) is -1.06. The number of benzene rings is 2. The van der Waals surface area contributed by atoms with Gasteiger partial charge in [0.05, 0.1) is 16.3 Å². The van der Waals surface area contributed by atoms with E-state index in [1.165, 1.54) is 4.68 Å². The van der Waals surface area contributed by atoms with Gasteiger partial charge in [0.2, 0.25) is 15.9 Å². The Labute approximate surface area is 173 Å². The lowest BCUT2D eigenvalue weighted by Crippen LogP contribution is -2.29. The fraction of sp³-hybridized carbons (Fsp3) is 0.200. The van der Waals surface area contributed by atoms with Crippen LogP contribution >= 0.6 is 0 Å². The number of anilines is 1. The molecule has 2 aromatic carbocycles. The van der Waals surface area contributed by atoms with Crippen LogP contribution in [-0.2, 0) is 21.9 Å². The number of nitrogens with one attached hydrogen (secondary N) is 2. The molecule has 3 aromatic rings. The Hall–Kier alpha value is -3.24. The maximum Gasteiger partial charge on any atom is 0.295 e. The van der Waals surface area contributed by atoms with Gasteiger partial charge in [0.1, 0.15) is 11.5 Å². The van der Waals surface area contributed by atoms with Gasteiger partial charge < -0.3 is 5.32 Å². The van der Waals surface area contributed by atoms with Crippen molar-refractivity contribution in [2.24, 2.45) is 7.05 Å². The summed E-state index contributed by atoms with van der Waals surface area (Å²) in [6, 6.07) is 13.3. The Balaban J connectivity index is 1.67. The number of rotatable bonds is 7. The van der Waals surface area contributed by atoms with Crippen molar-refractivity contribution in [3.05, 3.63) is 76.5 Å². The first-order chi connectivity index (χ1) is 14.2. The van der Waals surface area contributed by atoms with Crippen LogP contribution in [0.25, 0.3) is 5.69 Å².